The molecule has 1 aliphatic carbocycles. The molecule has 5 heteroatoms. The summed E-state index contributed by atoms with van der Waals surface area (Å²) in [5.41, 5.74) is -0.139. The van der Waals surface area contributed by atoms with Gasteiger partial charge in [0.05, 0.1) is 5.60 Å². The highest BCUT2D eigenvalue weighted by Crippen LogP contribution is 2.39. The van der Waals surface area contributed by atoms with Crippen LogP contribution in [0.5, 0.6) is 0 Å². The second kappa shape index (κ2) is 5.82. The molecule has 110 valence electrons. The molecule has 0 atom stereocenters. The van der Waals surface area contributed by atoms with E-state index in [1.165, 1.54) is 0 Å². The largest absolute Gasteiger partial charge is 0.388 e. The van der Waals surface area contributed by atoms with Gasteiger partial charge >= 0.3 is 0 Å². The molecule has 0 spiro atoms. The van der Waals surface area contributed by atoms with E-state index in [2.05, 4.69) is 40.1 Å². The van der Waals surface area contributed by atoms with E-state index in [4.69, 9.17) is 0 Å². The van der Waals surface area contributed by atoms with Crippen LogP contribution in [0.3, 0.4) is 0 Å². The zero-order chi connectivity index (χ0) is 14.8. The minimum Gasteiger partial charge on any atom is -0.388 e. The molecule has 1 heterocycles. The van der Waals surface area contributed by atoms with Gasteiger partial charge in [-0.25, -0.2) is 4.98 Å². The minimum atomic E-state index is -0.785. The molecule has 1 aromatic rings. The fourth-order valence-corrected chi connectivity index (χ4v) is 2.89. The average molecular weight is 341 g/mol. The van der Waals surface area contributed by atoms with E-state index in [9.17, 15) is 9.90 Å². The van der Waals surface area contributed by atoms with Gasteiger partial charge in [0.2, 0.25) is 0 Å². The molecule has 1 amide bonds. The molecule has 0 radical (unpaired) electrons. The topological polar surface area (TPSA) is 62.2 Å². The fourth-order valence-electron chi connectivity index (χ4n) is 2.45. The van der Waals surface area contributed by atoms with Crippen LogP contribution >= 0.6 is 15.9 Å². The van der Waals surface area contributed by atoms with Crippen molar-refractivity contribution in [3.63, 3.8) is 0 Å². The molecule has 1 saturated carbocycles. The fraction of sp³-hybridized carbons (Fsp3) is 0.600. The SMILES string of the molecule is CC1(C)CCC(O)(CNC(=O)c2ncccc2Br)CC1. The van der Waals surface area contributed by atoms with Crippen LogP contribution in [0, 0.1) is 5.41 Å². The van der Waals surface area contributed by atoms with E-state index in [1.807, 2.05) is 0 Å². The first-order valence-corrected chi connectivity index (χ1v) is 7.72. The van der Waals surface area contributed by atoms with Gasteiger partial charge < -0.3 is 10.4 Å². The van der Waals surface area contributed by atoms with Crippen LogP contribution in [-0.4, -0.2) is 28.1 Å². The highest BCUT2D eigenvalue weighted by Gasteiger charge is 2.36. The number of carbonyl (C=O) groups is 1. The van der Waals surface area contributed by atoms with Crippen molar-refractivity contribution >= 4 is 21.8 Å². The molecule has 0 saturated heterocycles. The molecule has 1 fully saturated rings. The zero-order valence-electron chi connectivity index (χ0n) is 11.9. The number of hydrogen-bond donors (Lipinski definition) is 2. The van der Waals surface area contributed by atoms with Crippen LogP contribution in [0.25, 0.3) is 0 Å². The van der Waals surface area contributed by atoms with Gasteiger partial charge in [0, 0.05) is 17.2 Å². The van der Waals surface area contributed by atoms with Crippen molar-refractivity contribution in [3.8, 4) is 0 Å². The lowest BCUT2D eigenvalue weighted by Crippen LogP contribution is -2.46. The number of aliphatic hydroxyl groups is 1. The summed E-state index contributed by atoms with van der Waals surface area (Å²) in [5.74, 6) is -0.254. The van der Waals surface area contributed by atoms with Gasteiger partial charge in [-0.3, -0.25) is 4.79 Å². The number of aromatic nitrogens is 1. The summed E-state index contributed by atoms with van der Waals surface area (Å²) < 4.78 is 0.661. The average Bonchev–Trinajstić information content (AvgIpc) is 2.41. The summed E-state index contributed by atoms with van der Waals surface area (Å²) in [6, 6.07) is 3.54. The van der Waals surface area contributed by atoms with Gasteiger partial charge in [0.25, 0.3) is 5.91 Å². The van der Waals surface area contributed by atoms with Crippen LogP contribution in [0.1, 0.15) is 50.0 Å². The molecule has 1 aliphatic rings. The van der Waals surface area contributed by atoms with Crippen molar-refractivity contribution in [2.24, 2.45) is 5.41 Å². The summed E-state index contributed by atoms with van der Waals surface area (Å²) in [4.78, 5) is 16.1. The molecule has 4 nitrogen and oxygen atoms in total. The van der Waals surface area contributed by atoms with E-state index in [0.717, 1.165) is 25.7 Å². The second-order valence-electron chi connectivity index (χ2n) is 6.41. The minimum absolute atomic E-state index is 0.254. The Labute approximate surface area is 128 Å². The predicted octanol–water partition coefficient (Wildman–Crippen LogP) is 2.91. The van der Waals surface area contributed by atoms with E-state index < -0.39 is 5.60 Å². The smallest absolute Gasteiger partial charge is 0.271 e. The predicted molar refractivity (Wildman–Crippen MR) is 81.5 cm³/mol. The van der Waals surface area contributed by atoms with Crippen molar-refractivity contribution in [3.05, 3.63) is 28.5 Å². The van der Waals surface area contributed by atoms with E-state index in [0.29, 0.717) is 15.6 Å². The Bertz CT molecular complexity index is 492. The Hall–Kier alpha value is -0.940. The first-order chi connectivity index (χ1) is 9.31. The van der Waals surface area contributed by atoms with E-state index in [-0.39, 0.29) is 12.5 Å². The Balaban J connectivity index is 1.92. The quantitative estimate of drug-likeness (QED) is 0.889. The maximum atomic E-state index is 12.1. The molecule has 1 aromatic heterocycles. The Morgan fingerprint density at radius 1 is 1.40 bits per heavy atom. The van der Waals surface area contributed by atoms with Crippen molar-refractivity contribution in [2.75, 3.05) is 6.54 Å². The zero-order valence-corrected chi connectivity index (χ0v) is 13.5. The highest BCUT2D eigenvalue weighted by molar-refractivity contribution is 9.10. The molecule has 0 aromatic carbocycles. The van der Waals surface area contributed by atoms with Crippen LogP contribution < -0.4 is 5.32 Å². The summed E-state index contributed by atoms with van der Waals surface area (Å²) in [6.07, 6.45) is 4.99. The van der Waals surface area contributed by atoms with Crippen molar-refractivity contribution < 1.29 is 9.90 Å². The van der Waals surface area contributed by atoms with Crippen LogP contribution in [0.2, 0.25) is 0 Å². The van der Waals surface area contributed by atoms with Gasteiger partial charge in [-0.2, -0.15) is 0 Å². The Morgan fingerprint density at radius 2 is 2.05 bits per heavy atom. The van der Waals surface area contributed by atoms with E-state index >= 15 is 0 Å². The van der Waals surface area contributed by atoms with Gasteiger partial charge in [-0.15, -0.1) is 0 Å². The Kier molecular flexibility index (Phi) is 4.49. The third-order valence-electron chi connectivity index (χ3n) is 4.09. The van der Waals surface area contributed by atoms with E-state index in [1.54, 1.807) is 18.3 Å². The lowest BCUT2D eigenvalue weighted by Gasteiger charge is -2.40. The van der Waals surface area contributed by atoms with Crippen LogP contribution in [0.4, 0.5) is 0 Å². The molecule has 0 unspecified atom stereocenters. The second-order valence-corrected chi connectivity index (χ2v) is 7.26. The number of pyridine rings is 1. The molecule has 20 heavy (non-hydrogen) atoms. The monoisotopic (exact) mass is 340 g/mol. The standard InChI is InChI=1S/C15H21BrN2O2/c1-14(2)5-7-15(20,8-6-14)10-18-13(19)12-11(16)4-3-9-17-12/h3-4,9,20H,5-8,10H2,1-2H3,(H,18,19). The summed E-state index contributed by atoms with van der Waals surface area (Å²) in [5, 5.41) is 13.3. The molecular weight excluding hydrogens is 320 g/mol. The van der Waals surface area contributed by atoms with Crippen molar-refractivity contribution in [1.82, 2.24) is 10.3 Å². The number of carbonyl (C=O) groups excluding carboxylic acids is 1. The molecule has 2 rings (SSSR count). The lowest BCUT2D eigenvalue weighted by atomic mass is 9.71. The third kappa shape index (κ3) is 3.79. The first kappa shape index (κ1) is 15.4. The van der Waals surface area contributed by atoms with Gasteiger partial charge in [-0.1, -0.05) is 13.8 Å². The number of halogens is 1. The summed E-state index contributed by atoms with van der Waals surface area (Å²) in [7, 11) is 0. The maximum absolute atomic E-state index is 12.1. The number of hydrogen-bond acceptors (Lipinski definition) is 3. The van der Waals surface area contributed by atoms with Gasteiger partial charge in [0.1, 0.15) is 5.69 Å². The lowest BCUT2D eigenvalue weighted by molar-refractivity contribution is -0.0233. The van der Waals surface area contributed by atoms with Gasteiger partial charge in [-0.05, 0) is 59.2 Å². The maximum Gasteiger partial charge on any atom is 0.271 e. The third-order valence-corrected chi connectivity index (χ3v) is 4.73. The number of amides is 1. The van der Waals surface area contributed by atoms with Crippen LogP contribution in [-0.2, 0) is 0 Å². The highest BCUT2D eigenvalue weighted by atomic mass is 79.9. The van der Waals surface area contributed by atoms with Gasteiger partial charge in [0.15, 0.2) is 0 Å². The van der Waals surface area contributed by atoms with Crippen molar-refractivity contribution in [1.29, 1.82) is 0 Å². The number of rotatable bonds is 3. The molecule has 2 N–H and O–H groups in total. The number of nitrogens with one attached hydrogen (secondary N) is 1. The Morgan fingerprint density at radius 3 is 2.65 bits per heavy atom. The number of nitrogens with zero attached hydrogens (tertiary/aromatic N) is 1. The first-order valence-electron chi connectivity index (χ1n) is 6.93. The molecule has 0 aliphatic heterocycles. The molecular formula is C15H21BrN2O2. The molecule has 0 bridgehead atoms. The van der Waals surface area contributed by atoms with Crippen LogP contribution in [0.15, 0.2) is 22.8 Å². The van der Waals surface area contributed by atoms with Crippen molar-refractivity contribution in [2.45, 2.75) is 45.1 Å². The normalized spacial score (nSPS) is 20.4. The summed E-state index contributed by atoms with van der Waals surface area (Å²) >= 11 is 3.31. The summed E-state index contributed by atoms with van der Waals surface area (Å²) in [6.45, 7) is 4.72.